The minimum atomic E-state index is -0.156. The van der Waals surface area contributed by atoms with Crippen LogP contribution in [0.25, 0.3) is 0 Å². The van der Waals surface area contributed by atoms with E-state index in [-0.39, 0.29) is 5.82 Å². The third-order valence-corrected chi connectivity index (χ3v) is 5.53. The second-order valence-corrected chi connectivity index (χ2v) is 7.37. The molecule has 0 radical (unpaired) electrons. The van der Waals surface area contributed by atoms with E-state index in [0.29, 0.717) is 5.69 Å². The molecule has 5 nitrogen and oxygen atoms in total. The van der Waals surface area contributed by atoms with Crippen LogP contribution in [0.15, 0.2) is 65.7 Å². The molecule has 2 aliphatic heterocycles. The summed E-state index contributed by atoms with van der Waals surface area (Å²) < 4.78 is 14.1. The summed E-state index contributed by atoms with van der Waals surface area (Å²) in [6.45, 7) is 5.87. The van der Waals surface area contributed by atoms with Crippen molar-refractivity contribution < 1.29 is 4.39 Å². The number of para-hydroxylation sites is 1. The summed E-state index contributed by atoms with van der Waals surface area (Å²) in [7, 11) is 1.82. The number of anilines is 2. The van der Waals surface area contributed by atoms with Gasteiger partial charge in [-0.3, -0.25) is 4.99 Å². The summed E-state index contributed by atoms with van der Waals surface area (Å²) in [5.41, 5.74) is 3.17. The third-order valence-electron chi connectivity index (χ3n) is 5.53. The molecule has 29 heavy (non-hydrogen) atoms. The van der Waals surface area contributed by atoms with Crippen molar-refractivity contribution in [3.63, 3.8) is 0 Å². The van der Waals surface area contributed by atoms with Crippen molar-refractivity contribution >= 4 is 17.3 Å². The standard InChI is InChI=1S/C23H28FN5/c1-25-23(26-18-19-7-6-8-20(17-19)27-11-4-5-12-27)29-15-13-28(14-16-29)22-10-3-2-9-21(22)24/h2-10,17H,11-16,18H2,1H3,(H,25,26). The Balaban J connectivity index is 1.32. The highest BCUT2D eigenvalue weighted by Crippen LogP contribution is 2.21. The Morgan fingerprint density at radius 2 is 1.72 bits per heavy atom. The van der Waals surface area contributed by atoms with Crippen LogP contribution in [0.2, 0.25) is 0 Å². The maximum absolute atomic E-state index is 14.1. The molecular formula is C23H28FN5. The first-order valence-corrected chi connectivity index (χ1v) is 10.2. The molecule has 2 aromatic rings. The normalized spacial score (nSPS) is 17.2. The molecular weight excluding hydrogens is 365 g/mol. The maximum Gasteiger partial charge on any atom is 0.194 e. The molecule has 0 amide bonds. The second-order valence-electron chi connectivity index (χ2n) is 7.37. The molecule has 0 atom stereocenters. The summed E-state index contributed by atoms with van der Waals surface area (Å²) in [6.07, 6.45) is 4.40. The van der Waals surface area contributed by atoms with Gasteiger partial charge < -0.3 is 20.0 Å². The Morgan fingerprint density at radius 1 is 0.966 bits per heavy atom. The van der Waals surface area contributed by atoms with Crippen molar-refractivity contribution in [3.05, 3.63) is 72.1 Å². The number of nitrogens with one attached hydrogen (secondary N) is 1. The summed E-state index contributed by atoms with van der Waals surface area (Å²) in [5.74, 6) is 0.739. The Labute approximate surface area is 172 Å². The predicted octanol–water partition coefficient (Wildman–Crippen LogP) is 3.10. The Hall–Kier alpha value is -3.02. The zero-order valence-electron chi connectivity index (χ0n) is 16.9. The molecule has 0 aliphatic carbocycles. The monoisotopic (exact) mass is 393 g/mol. The lowest BCUT2D eigenvalue weighted by Crippen LogP contribution is -2.52. The molecule has 1 N–H and O–H groups in total. The number of halogens is 1. The minimum Gasteiger partial charge on any atom is -0.366 e. The van der Waals surface area contributed by atoms with E-state index in [0.717, 1.165) is 51.8 Å². The highest BCUT2D eigenvalue weighted by atomic mass is 19.1. The fraction of sp³-hybridized carbons (Fsp3) is 0.348. The molecule has 4 rings (SSSR count). The fourth-order valence-corrected chi connectivity index (χ4v) is 3.93. The summed E-state index contributed by atoms with van der Waals surface area (Å²) in [6, 6.07) is 15.6. The fourth-order valence-electron chi connectivity index (χ4n) is 3.93. The number of guanidine groups is 1. The van der Waals surface area contributed by atoms with Crippen molar-refractivity contribution in [1.29, 1.82) is 0 Å². The van der Waals surface area contributed by atoms with Gasteiger partial charge in [0, 0.05) is 58.5 Å². The zero-order chi connectivity index (χ0) is 20.1. The highest BCUT2D eigenvalue weighted by molar-refractivity contribution is 5.80. The van der Waals surface area contributed by atoms with Gasteiger partial charge in [0.1, 0.15) is 5.82 Å². The van der Waals surface area contributed by atoms with Gasteiger partial charge in [-0.2, -0.15) is 0 Å². The topological polar surface area (TPSA) is 34.1 Å². The number of hydrogen-bond acceptors (Lipinski definition) is 3. The first-order chi connectivity index (χ1) is 14.2. The SMILES string of the molecule is CN=C(NCc1cccc(N2CC=CC2)c1)N1CCN(c2ccccc2F)CC1. The van der Waals surface area contributed by atoms with E-state index in [1.54, 1.807) is 6.07 Å². The molecule has 0 unspecified atom stereocenters. The smallest absolute Gasteiger partial charge is 0.194 e. The number of piperazine rings is 1. The molecule has 0 spiro atoms. The second kappa shape index (κ2) is 8.99. The van der Waals surface area contributed by atoms with Crippen LogP contribution in [-0.2, 0) is 6.54 Å². The zero-order valence-corrected chi connectivity index (χ0v) is 16.9. The first kappa shape index (κ1) is 19.3. The van der Waals surface area contributed by atoms with E-state index in [9.17, 15) is 4.39 Å². The molecule has 2 heterocycles. The van der Waals surface area contributed by atoms with Gasteiger partial charge in [-0.1, -0.05) is 36.4 Å². The highest BCUT2D eigenvalue weighted by Gasteiger charge is 2.21. The Bertz CT molecular complexity index is 878. The van der Waals surface area contributed by atoms with Gasteiger partial charge in [0.15, 0.2) is 5.96 Å². The Morgan fingerprint density at radius 3 is 2.45 bits per heavy atom. The van der Waals surface area contributed by atoms with Crippen LogP contribution in [-0.4, -0.2) is 57.2 Å². The lowest BCUT2D eigenvalue weighted by atomic mass is 10.2. The summed E-state index contributed by atoms with van der Waals surface area (Å²) in [4.78, 5) is 11.2. The van der Waals surface area contributed by atoms with Crippen LogP contribution in [0.4, 0.5) is 15.8 Å². The molecule has 2 aliphatic rings. The molecule has 0 saturated carbocycles. The van der Waals surface area contributed by atoms with Crippen molar-refractivity contribution in [2.45, 2.75) is 6.54 Å². The average Bonchev–Trinajstić information content (AvgIpc) is 3.30. The average molecular weight is 394 g/mol. The molecule has 1 saturated heterocycles. The van der Waals surface area contributed by atoms with Crippen molar-refractivity contribution in [2.24, 2.45) is 4.99 Å². The van der Waals surface area contributed by atoms with Crippen LogP contribution in [0, 0.1) is 5.82 Å². The maximum atomic E-state index is 14.1. The van der Waals surface area contributed by atoms with E-state index in [2.05, 4.69) is 61.4 Å². The van der Waals surface area contributed by atoms with Gasteiger partial charge >= 0.3 is 0 Å². The van der Waals surface area contributed by atoms with Gasteiger partial charge in [0.05, 0.1) is 5.69 Å². The summed E-state index contributed by atoms with van der Waals surface area (Å²) >= 11 is 0. The molecule has 0 aromatic heterocycles. The molecule has 6 heteroatoms. The Kier molecular flexibility index (Phi) is 5.98. The predicted molar refractivity (Wildman–Crippen MR) is 118 cm³/mol. The largest absolute Gasteiger partial charge is 0.366 e. The van der Waals surface area contributed by atoms with Gasteiger partial charge in [0.2, 0.25) is 0 Å². The number of hydrogen-bond donors (Lipinski definition) is 1. The molecule has 1 fully saturated rings. The number of rotatable bonds is 4. The number of nitrogens with zero attached hydrogens (tertiary/aromatic N) is 4. The lowest BCUT2D eigenvalue weighted by Gasteiger charge is -2.37. The molecule has 0 bridgehead atoms. The van der Waals surface area contributed by atoms with Crippen LogP contribution >= 0.6 is 0 Å². The van der Waals surface area contributed by atoms with Gasteiger partial charge in [-0.25, -0.2) is 4.39 Å². The lowest BCUT2D eigenvalue weighted by molar-refractivity contribution is 0.370. The van der Waals surface area contributed by atoms with E-state index in [1.807, 2.05) is 19.2 Å². The minimum absolute atomic E-state index is 0.156. The van der Waals surface area contributed by atoms with Crippen LogP contribution in [0.1, 0.15) is 5.56 Å². The van der Waals surface area contributed by atoms with E-state index in [1.165, 1.54) is 17.3 Å². The van der Waals surface area contributed by atoms with Gasteiger partial charge in [-0.15, -0.1) is 0 Å². The summed E-state index contributed by atoms with van der Waals surface area (Å²) in [5, 5.41) is 3.49. The van der Waals surface area contributed by atoms with Gasteiger partial charge in [0.25, 0.3) is 0 Å². The van der Waals surface area contributed by atoms with Crippen molar-refractivity contribution in [3.8, 4) is 0 Å². The van der Waals surface area contributed by atoms with Crippen LogP contribution < -0.4 is 15.1 Å². The first-order valence-electron chi connectivity index (χ1n) is 10.2. The van der Waals surface area contributed by atoms with Crippen LogP contribution in [0.3, 0.4) is 0 Å². The molecule has 152 valence electrons. The van der Waals surface area contributed by atoms with E-state index >= 15 is 0 Å². The number of aliphatic imine (C=N–C) groups is 1. The van der Waals surface area contributed by atoms with Crippen molar-refractivity contribution in [2.75, 3.05) is 56.1 Å². The van der Waals surface area contributed by atoms with E-state index in [4.69, 9.17) is 0 Å². The molecule has 2 aromatic carbocycles. The third kappa shape index (κ3) is 4.53. The van der Waals surface area contributed by atoms with Crippen molar-refractivity contribution in [1.82, 2.24) is 10.2 Å². The number of benzene rings is 2. The quantitative estimate of drug-likeness (QED) is 0.492. The van der Waals surface area contributed by atoms with E-state index < -0.39 is 0 Å². The van der Waals surface area contributed by atoms with Crippen LogP contribution in [0.5, 0.6) is 0 Å². The van der Waals surface area contributed by atoms with Gasteiger partial charge in [-0.05, 0) is 29.8 Å².